The number of hydrogen-bond acceptors (Lipinski definition) is 2. The van der Waals surface area contributed by atoms with Gasteiger partial charge in [0.2, 0.25) is 0 Å². The lowest BCUT2D eigenvalue weighted by Crippen LogP contribution is -2.37. The van der Waals surface area contributed by atoms with Crippen LogP contribution in [-0.2, 0) is 0 Å². The second-order valence-electron chi connectivity index (χ2n) is 4.35. The largest absolute Gasteiger partial charge is 0.488 e. The third-order valence-electron chi connectivity index (χ3n) is 3.19. The minimum atomic E-state index is -0.402. The van der Waals surface area contributed by atoms with Gasteiger partial charge in [0.15, 0.2) is 11.6 Å². The van der Waals surface area contributed by atoms with Crippen LogP contribution < -0.4 is 4.74 Å². The number of ether oxygens (including phenoxy) is 1. The summed E-state index contributed by atoms with van der Waals surface area (Å²) in [6.07, 6.45) is 3.40. The van der Waals surface area contributed by atoms with Crippen LogP contribution in [-0.4, -0.2) is 12.4 Å². The fraction of sp³-hybridized carbons (Fsp3) is 0.500. The first-order chi connectivity index (χ1) is 7.67. The second-order valence-corrected chi connectivity index (χ2v) is 5.07. The number of halogens is 2. The van der Waals surface area contributed by atoms with Crippen LogP contribution in [0.3, 0.4) is 0 Å². The van der Waals surface area contributed by atoms with E-state index in [1.54, 1.807) is 12.1 Å². The van der Waals surface area contributed by atoms with Crippen LogP contribution in [0.25, 0.3) is 0 Å². The van der Waals surface area contributed by atoms with Gasteiger partial charge in [-0.25, -0.2) is 4.39 Å². The average Bonchev–Trinajstić information content (AvgIpc) is 2.20. The highest BCUT2D eigenvalue weighted by Gasteiger charge is 2.36. The van der Waals surface area contributed by atoms with Crippen LogP contribution in [0.2, 0.25) is 5.02 Å². The van der Waals surface area contributed by atoms with Crippen LogP contribution in [0.4, 0.5) is 4.39 Å². The van der Waals surface area contributed by atoms with Gasteiger partial charge in [-0.1, -0.05) is 24.1 Å². The molecule has 1 aromatic rings. The zero-order chi connectivity index (χ0) is 11.6. The van der Waals surface area contributed by atoms with E-state index in [0.717, 1.165) is 18.6 Å². The van der Waals surface area contributed by atoms with E-state index < -0.39 is 5.82 Å². The van der Waals surface area contributed by atoms with Crippen molar-refractivity contribution in [3.63, 3.8) is 0 Å². The van der Waals surface area contributed by atoms with Gasteiger partial charge in [0.1, 0.15) is 0 Å². The molecule has 0 radical (unpaired) electrons. The van der Waals surface area contributed by atoms with Crippen LogP contribution in [0.5, 0.6) is 5.75 Å². The number of rotatable bonds is 4. The Labute approximate surface area is 105 Å². The van der Waals surface area contributed by atoms with Gasteiger partial charge < -0.3 is 4.74 Å². The predicted octanol–water partition coefficient (Wildman–Crippen LogP) is 3.96. The van der Waals surface area contributed by atoms with Gasteiger partial charge in [0, 0.05) is 5.41 Å². The molecule has 88 valence electrons. The van der Waals surface area contributed by atoms with Crippen molar-refractivity contribution < 1.29 is 9.13 Å². The van der Waals surface area contributed by atoms with Crippen LogP contribution in [0.1, 0.15) is 19.3 Å². The van der Waals surface area contributed by atoms with E-state index in [4.69, 9.17) is 16.3 Å². The Hall–Kier alpha value is -0.410. The van der Waals surface area contributed by atoms with Gasteiger partial charge in [-0.3, -0.25) is 0 Å². The number of benzene rings is 1. The molecule has 1 fully saturated rings. The summed E-state index contributed by atoms with van der Waals surface area (Å²) in [6.45, 7) is 0.497. The van der Waals surface area contributed by atoms with E-state index >= 15 is 0 Å². The van der Waals surface area contributed by atoms with Gasteiger partial charge in [-0.2, -0.15) is 12.6 Å². The summed E-state index contributed by atoms with van der Waals surface area (Å²) in [5.41, 5.74) is 0.120. The van der Waals surface area contributed by atoms with E-state index in [0.29, 0.717) is 11.6 Å². The monoisotopic (exact) mass is 260 g/mol. The summed E-state index contributed by atoms with van der Waals surface area (Å²) in [7, 11) is 0. The summed E-state index contributed by atoms with van der Waals surface area (Å²) in [5.74, 6) is 0.539. The predicted molar refractivity (Wildman–Crippen MR) is 67.0 cm³/mol. The molecule has 1 aliphatic carbocycles. The molecule has 0 amide bonds. The normalized spacial score (nSPS) is 17.9. The van der Waals surface area contributed by atoms with Crippen molar-refractivity contribution in [1.82, 2.24) is 0 Å². The number of thiol groups is 1. The van der Waals surface area contributed by atoms with Gasteiger partial charge in [0.25, 0.3) is 0 Å². The highest BCUT2D eigenvalue weighted by Crippen LogP contribution is 2.42. The minimum Gasteiger partial charge on any atom is -0.488 e. The van der Waals surface area contributed by atoms with E-state index in [-0.39, 0.29) is 11.2 Å². The minimum absolute atomic E-state index is 0.120. The molecule has 2 rings (SSSR count). The third kappa shape index (κ3) is 2.30. The van der Waals surface area contributed by atoms with Crippen LogP contribution in [0, 0.1) is 11.2 Å². The average molecular weight is 261 g/mol. The SMILES string of the molecule is Fc1cccc(Cl)c1OCC1(CS)CCC1. The Balaban J connectivity index is 2.04. The van der Waals surface area contributed by atoms with E-state index in [2.05, 4.69) is 12.6 Å². The van der Waals surface area contributed by atoms with Crippen molar-refractivity contribution in [2.24, 2.45) is 5.41 Å². The lowest BCUT2D eigenvalue weighted by Gasteiger charge is -2.40. The van der Waals surface area contributed by atoms with Gasteiger partial charge in [-0.15, -0.1) is 0 Å². The summed E-state index contributed by atoms with van der Waals surface area (Å²) in [4.78, 5) is 0. The highest BCUT2D eigenvalue weighted by atomic mass is 35.5. The molecule has 1 aliphatic rings. The highest BCUT2D eigenvalue weighted by molar-refractivity contribution is 7.80. The molecule has 1 saturated carbocycles. The van der Waals surface area contributed by atoms with Crippen LogP contribution in [0.15, 0.2) is 18.2 Å². The first kappa shape index (κ1) is 12.1. The van der Waals surface area contributed by atoms with Gasteiger partial charge in [0.05, 0.1) is 11.6 Å². The van der Waals surface area contributed by atoms with Crippen molar-refractivity contribution in [3.8, 4) is 5.75 Å². The summed E-state index contributed by atoms with van der Waals surface area (Å²) < 4.78 is 18.9. The molecule has 0 spiro atoms. The maximum Gasteiger partial charge on any atom is 0.173 e. The molecule has 0 N–H and O–H groups in total. The Morgan fingerprint density at radius 1 is 1.44 bits per heavy atom. The van der Waals surface area contributed by atoms with E-state index in [9.17, 15) is 4.39 Å². The summed E-state index contributed by atoms with van der Waals surface area (Å²) in [6, 6.07) is 4.56. The maximum absolute atomic E-state index is 13.4. The van der Waals surface area contributed by atoms with E-state index in [1.807, 2.05) is 0 Å². The smallest absolute Gasteiger partial charge is 0.173 e. The molecule has 4 heteroatoms. The molecule has 0 bridgehead atoms. The zero-order valence-electron chi connectivity index (χ0n) is 8.88. The van der Waals surface area contributed by atoms with Crippen LogP contribution >= 0.6 is 24.2 Å². The Bertz CT molecular complexity index is 354. The second kappa shape index (κ2) is 4.84. The first-order valence-electron chi connectivity index (χ1n) is 5.35. The Morgan fingerprint density at radius 3 is 2.69 bits per heavy atom. The summed E-state index contributed by atoms with van der Waals surface area (Å²) >= 11 is 10.2. The van der Waals surface area contributed by atoms with Crippen molar-refractivity contribution >= 4 is 24.2 Å². The quantitative estimate of drug-likeness (QED) is 0.807. The molecular formula is C12H14ClFOS. The van der Waals surface area contributed by atoms with Crippen molar-refractivity contribution in [3.05, 3.63) is 29.0 Å². The zero-order valence-corrected chi connectivity index (χ0v) is 10.5. The third-order valence-corrected chi connectivity index (χ3v) is 4.16. The molecule has 0 aromatic heterocycles. The lowest BCUT2D eigenvalue weighted by molar-refractivity contribution is 0.0806. The number of hydrogen-bond donors (Lipinski definition) is 1. The molecular weight excluding hydrogens is 247 g/mol. The first-order valence-corrected chi connectivity index (χ1v) is 6.36. The Kier molecular flexibility index (Phi) is 3.65. The molecule has 16 heavy (non-hydrogen) atoms. The standard InChI is InChI=1S/C12H14ClFOS/c13-9-3-1-4-10(14)11(9)15-7-12(8-16)5-2-6-12/h1,3-4,16H,2,5-8H2. The molecule has 0 saturated heterocycles. The van der Waals surface area contributed by atoms with Crippen molar-refractivity contribution in [1.29, 1.82) is 0 Å². The topological polar surface area (TPSA) is 9.23 Å². The van der Waals surface area contributed by atoms with Gasteiger partial charge in [-0.05, 0) is 30.7 Å². The molecule has 1 aromatic carbocycles. The summed E-state index contributed by atoms with van der Waals surface area (Å²) in [5, 5.41) is 0.327. The fourth-order valence-electron chi connectivity index (χ4n) is 1.87. The van der Waals surface area contributed by atoms with Crippen molar-refractivity contribution in [2.45, 2.75) is 19.3 Å². The molecule has 0 aliphatic heterocycles. The maximum atomic E-state index is 13.4. The molecule has 0 atom stereocenters. The Morgan fingerprint density at radius 2 is 2.19 bits per heavy atom. The van der Waals surface area contributed by atoms with Gasteiger partial charge >= 0.3 is 0 Å². The lowest BCUT2D eigenvalue weighted by atomic mass is 9.71. The van der Waals surface area contributed by atoms with E-state index in [1.165, 1.54) is 12.5 Å². The fourth-order valence-corrected chi connectivity index (χ4v) is 2.50. The molecule has 0 heterocycles. The number of para-hydroxylation sites is 1. The molecule has 0 unspecified atom stereocenters. The molecule has 1 nitrogen and oxygen atoms in total. The van der Waals surface area contributed by atoms with Crippen molar-refractivity contribution in [2.75, 3.05) is 12.4 Å².